The molecule has 0 saturated carbocycles. The summed E-state index contributed by atoms with van der Waals surface area (Å²) < 4.78 is 0.772. The van der Waals surface area contributed by atoms with Crippen LogP contribution < -0.4 is 5.43 Å². The second kappa shape index (κ2) is 6.55. The first-order valence-electron chi connectivity index (χ1n) is 5.58. The summed E-state index contributed by atoms with van der Waals surface area (Å²) in [6, 6.07) is 7.28. The van der Waals surface area contributed by atoms with E-state index in [-0.39, 0.29) is 5.91 Å². The molecule has 0 heterocycles. The van der Waals surface area contributed by atoms with Crippen LogP contribution in [0.1, 0.15) is 37.6 Å². The molecule has 0 aliphatic heterocycles. The molecular weight excluding hydrogens is 280 g/mol. The van der Waals surface area contributed by atoms with E-state index >= 15 is 0 Å². The molecule has 92 valence electrons. The van der Waals surface area contributed by atoms with Crippen LogP contribution in [0.4, 0.5) is 0 Å². The molecule has 1 rings (SSSR count). The van der Waals surface area contributed by atoms with E-state index in [1.54, 1.807) is 6.07 Å². The predicted molar refractivity (Wildman–Crippen MR) is 74.2 cm³/mol. The summed E-state index contributed by atoms with van der Waals surface area (Å²) in [5, 5.41) is 4.08. The Morgan fingerprint density at radius 3 is 2.65 bits per heavy atom. The first kappa shape index (κ1) is 13.9. The number of nitrogens with zero attached hydrogens (tertiary/aromatic N) is 1. The van der Waals surface area contributed by atoms with Crippen molar-refractivity contribution >= 4 is 27.5 Å². The third-order valence-electron chi connectivity index (χ3n) is 2.17. The summed E-state index contributed by atoms with van der Waals surface area (Å²) >= 11 is 3.33. The second-order valence-corrected chi connectivity index (χ2v) is 5.22. The number of amides is 1. The van der Waals surface area contributed by atoms with Crippen molar-refractivity contribution < 1.29 is 4.79 Å². The number of halogens is 1. The van der Waals surface area contributed by atoms with Gasteiger partial charge in [0.25, 0.3) is 5.91 Å². The van der Waals surface area contributed by atoms with Crippen LogP contribution >= 0.6 is 15.9 Å². The lowest BCUT2D eigenvalue weighted by atomic mass is 10.1. The molecule has 17 heavy (non-hydrogen) atoms. The molecule has 1 N–H and O–H groups in total. The van der Waals surface area contributed by atoms with Crippen molar-refractivity contribution in [2.45, 2.75) is 27.2 Å². The van der Waals surface area contributed by atoms with E-state index in [1.807, 2.05) is 25.1 Å². The standard InChI is InChI=1S/C13H17BrN2O/c1-9(2)8-10(3)15-16-13(17)11-6-4-5-7-12(11)14/h4-7,9H,8H2,1-3H3,(H,16,17). The van der Waals surface area contributed by atoms with E-state index in [1.165, 1.54) is 0 Å². The molecule has 1 aromatic carbocycles. The molecule has 0 spiro atoms. The SMILES string of the molecule is CC(CC(C)C)=NNC(=O)c1ccccc1Br. The fraction of sp³-hybridized carbons (Fsp3) is 0.385. The molecule has 0 aliphatic carbocycles. The number of hydrogen-bond donors (Lipinski definition) is 1. The number of hydrogen-bond acceptors (Lipinski definition) is 2. The van der Waals surface area contributed by atoms with Crippen molar-refractivity contribution in [3.05, 3.63) is 34.3 Å². The van der Waals surface area contributed by atoms with Gasteiger partial charge in [0.2, 0.25) is 0 Å². The van der Waals surface area contributed by atoms with E-state index < -0.39 is 0 Å². The number of benzene rings is 1. The smallest absolute Gasteiger partial charge is 0.267 e. The molecule has 0 unspecified atom stereocenters. The maximum Gasteiger partial charge on any atom is 0.272 e. The van der Waals surface area contributed by atoms with Crippen LogP contribution in [-0.4, -0.2) is 11.6 Å². The number of carbonyl (C=O) groups excluding carboxylic acids is 1. The number of rotatable bonds is 4. The van der Waals surface area contributed by atoms with Crippen molar-refractivity contribution in [2.75, 3.05) is 0 Å². The quantitative estimate of drug-likeness (QED) is 0.669. The fourth-order valence-corrected chi connectivity index (χ4v) is 1.95. The van der Waals surface area contributed by atoms with Gasteiger partial charge in [0, 0.05) is 10.2 Å². The van der Waals surface area contributed by atoms with E-state index in [9.17, 15) is 4.79 Å². The van der Waals surface area contributed by atoms with Crippen molar-refractivity contribution in [3.8, 4) is 0 Å². The Morgan fingerprint density at radius 1 is 1.41 bits per heavy atom. The van der Waals surface area contributed by atoms with Gasteiger partial charge in [0.1, 0.15) is 0 Å². The molecule has 0 atom stereocenters. The highest BCUT2D eigenvalue weighted by molar-refractivity contribution is 9.10. The minimum atomic E-state index is -0.194. The third-order valence-corrected chi connectivity index (χ3v) is 2.86. The zero-order chi connectivity index (χ0) is 12.8. The molecular formula is C13H17BrN2O. The Balaban J connectivity index is 2.65. The highest BCUT2D eigenvalue weighted by Crippen LogP contribution is 2.15. The average molecular weight is 297 g/mol. The van der Waals surface area contributed by atoms with Crippen molar-refractivity contribution in [2.24, 2.45) is 11.0 Å². The van der Waals surface area contributed by atoms with Gasteiger partial charge in [-0.3, -0.25) is 4.79 Å². The lowest BCUT2D eigenvalue weighted by molar-refractivity contribution is 0.0954. The summed E-state index contributed by atoms with van der Waals surface area (Å²) in [4.78, 5) is 11.8. The number of nitrogens with one attached hydrogen (secondary N) is 1. The van der Waals surface area contributed by atoms with E-state index in [0.717, 1.165) is 16.6 Å². The van der Waals surface area contributed by atoms with Crippen LogP contribution in [0.5, 0.6) is 0 Å². The molecule has 0 radical (unpaired) electrons. The van der Waals surface area contributed by atoms with Crippen molar-refractivity contribution in [1.82, 2.24) is 5.43 Å². The van der Waals surface area contributed by atoms with Gasteiger partial charge in [-0.1, -0.05) is 26.0 Å². The van der Waals surface area contributed by atoms with E-state index in [4.69, 9.17) is 0 Å². The number of carbonyl (C=O) groups is 1. The molecule has 1 aromatic rings. The van der Waals surface area contributed by atoms with Gasteiger partial charge in [-0.05, 0) is 47.3 Å². The minimum absolute atomic E-state index is 0.194. The maximum atomic E-state index is 11.8. The average Bonchev–Trinajstić information content (AvgIpc) is 2.25. The van der Waals surface area contributed by atoms with Crippen LogP contribution in [-0.2, 0) is 0 Å². The van der Waals surface area contributed by atoms with E-state index in [0.29, 0.717) is 11.5 Å². The fourth-order valence-electron chi connectivity index (χ4n) is 1.49. The lowest BCUT2D eigenvalue weighted by Crippen LogP contribution is -2.19. The zero-order valence-corrected chi connectivity index (χ0v) is 11.9. The van der Waals surface area contributed by atoms with Gasteiger partial charge in [0.15, 0.2) is 0 Å². The van der Waals surface area contributed by atoms with Crippen LogP contribution in [0.2, 0.25) is 0 Å². The number of hydrazone groups is 1. The largest absolute Gasteiger partial charge is 0.272 e. The second-order valence-electron chi connectivity index (χ2n) is 4.37. The van der Waals surface area contributed by atoms with Gasteiger partial charge >= 0.3 is 0 Å². The van der Waals surface area contributed by atoms with Gasteiger partial charge in [-0.25, -0.2) is 5.43 Å². The Bertz CT molecular complexity index is 427. The molecule has 0 fully saturated rings. The zero-order valence-electron chi connectivity index (χ0n) is 10.3. The first-order valence-corrected chi connectivity index (χ1v) is 6.38. The van der Waals surface area contributed by atoms with Crippen molar-refractivity contribution in [3.63, 3.8) is 0 Å². The monoisotopic (exact) mass is 296 g/mol. The normalized spacial score (nSPS) is 11.7. The summed E-state index contributed by atoms with van der Waals surface area (Å²) in [5.74, 6) is 0.347. The van der Waals surface area contributed by atoms with Crippen LogP contribution in [0.25, 0.3) is 0 Å². The topological polar surface area (TPSA) is 41.5 Å². The molecule has 0 saturated heterocycles. The van der Waals surface area contributed by atoms with E-state index in [2.05, 4.69) is 40.3 Å². The van der Waals surface area contributed by atoms with Gasteiger partial charge < -0.3 is 0 Å². The molecule has 0 aromatic heterocycles. The summed E-state index contributed by atoms with van der Waals surface area (Å²) in [6.07, 6.45) is 0.885. The molecule has 0 bridgehead atoms. The minimum Gasteiger partial charge on any atom is -0.267 e. The highest BCUT2D eigenvalue weighted by Gasteiger charge is 2.08. The molecule has 0 aliphatic rings. The molecule has 4 heteroatoms. The van der Waals surface area contributed by atoms with Crippen molar-refractivity contribution in [1.29, 1.82) is 0 Å². The van der Waals surface area contributed by atoms with Gasteiger partial charge in [0.05, 0.1) is 5.56 Å². The van der Waals surface area contributed by atoms with Crippen LogP contribution in [0.15, 0.2) is 33.8 Å². The molecule has 3 nitrogen and oxygen atoms in total. The Labute approximate surface area is 110 Å². The Morgan fingerprint density at radius 2 is 2.06 bits per heavy atom. The maximum absolute atomic E-state index is 11.8. The highest BCUT2D eigenvalue weighted by atomic mass is 79.9. The Kier molecular flexibility index (Phi) is 5.35. The summed E-state index contributed by atoms with van der Waals surface area (Å²) in [7, 11) is 0. The summed E-state index contributed by atoms with van der Waals surface area (Å²) in [5.41, 5.74) is 4.09. The first-order chi connectivity index (χ1) is 8.00. The van der Waals surface area contributed by atoms with Crippen LogP contribution in [0.3, 0.4) is 0 Å². The lowest BCUT2D eigenvalue weighted by Gasteiger charge is -2.05. The Hall–Kier alpha value is -1.16. The predicted octanol–water partition coefficient (Wildman–Crippen LogP) is 3.60. The van der Waals surface area contributed by atoms with Gasteiger partial charge in [-0.15, -0.1) is 0 Å². The summed E-state index contributed by atoms with van der Waals surface area (Å²) in [6.45, 7) is 6.16. The molecule has 1 amide bonds. The third kappa shape index (κ3) is 4.69. The van der Waals surface area contributed by atoms with Crippen LogP contribution in [0, 0.1) is 5.92 Å². The van der Waals surface area contributed by atoms with Gasteiger partial charge in [-0.2, -0.15) is 5.10 Å².